The molecule has 1 saturated heterocycles. The maximum Gasteiger partial charge on any atom is 0.293 e. The van der Waals surface area contributed by atoms with E-state index in [4.69, 9.17) is 32.4 Å². The van der Waals surface area contributed by atoms with Gasteiger partial charge in [0.25, 0.3) is 11.6 Å². The van der Waals surface area contributed by atoms with E-state index in [1.54, 1.807) is 48.5 Å². The number of benzene rings is 3. The van der Waals surface area contributed by atoms with Gasteiger partial charge in [-0.1, -0.05) is 23.2 Å². The van der Waals surface area contributed by atoms with Gasteiger partial charge in [-0.15, -0.1) is 0 Å². The summed E-state index contributed by atoms with van der Waals surface area (Å²) in [7, 11) is 0. The molecular weight excluding hydrogens is 495 g/mol. The maximum atomic E-state index is 12.9. The third-order valence-corrected chi connectivity index (χ3v) is 6.16. The fourth-order valence-electron chi connectivity index (χ4n) is 3.87. The largest absolute Gasteiger partial charge is 0.436 e. The van der Waals surface area contributed by atoms with Crippen LogP contribution in [0.2, 0.25) is 10.0 Å². The number of nitrogens with zero attached hydrogens (tertiary/aromatic N) is 3. The number of rotatable bonds is 5. The van der Waals surface area contributed by atoms with E-state index in [-0.39, 0.29) is 11.3 Å². The highest BCUT2D eigenvalue weighted by Gasteiger charge is 2.23. The van der Waals surface area contributed by atoms with Crippen LogP contribution >= 0.6 is 23.2 Å². The Bertz CT molecular complexity index is 1450. The number of amides is 1. The van der Waals surface area contributed by atoms with Crippen molar-refractivity contribution >= 4 is 57.3 Å². The number of halogens is 2. The van der Waals surface area contributed by atoms with E-state index >= 15 is 0 Å². The number of nitro groups is 1. The molecule has 0 bridgehead atoms. The van der Waals surface area contributed by atoms with Crippen molar-refractivity contribution in [1.29, 1.82) is 0 Å². The lowest BCUT2D eigenvalue weighted by molar-refractivity contribution is -0.384. The van der Waals surface area contributed by atoms with Crippen LogP contribution in [0, 0.1) is 10.1 Å². The van der Waals surface area contributed by atoms with E-state index in [9.17, 15) is 14.9 Å². The van der Waals surface area contributed by atoms with Gasteiger partial charge >= 0.3 is 0 Å². The van der Waals surface area contributed by atoms with E-state index in [0.717, 1.165) is 0 Å². The molecule has 35 heavy (non-hydrogen) atoms. The van der Waals surface area contributed by atoms with Crippen molar-refractivity contribution in [3.8, 4) is 11.5 Å². The minimum Gasteiger partial charge on any atom is -0.436 e. The molecule has 1 aliphatic heterocycles. The van der Waals surface area contributed by atoms with Gasteiger partial charge in [0.05, 0.1) is 28.7 Å². The van der Waals surface area contributed by atoms with Crippen molar-refractivity contribution in [3.63, 3.8) is 0 Å². The molecule has 3 aromatic carbocycles. The number of fused-ring (bicyclic) bond motifs is 1. The van der Waals surface area contributed by atoms with Crippen molar-refractivity contribution in [2.24, 2.45) is 0 Å². The van der Waals surface area contributed by atoms with Crippen molar-refractivity contribution in [2.45, 2.75) is 0 Å². The Hall–Kier alpha value is -3.66. The molecule has 0 radical (unpaired) electrons. The molecular formula is C24H18Cl2N4O5. The summed E-state index contributed by atoms with van der Waals surface area (Å²) in [4.78, 5) is 30.4. The minimum absolute atomic E-state index is 0.130. The average Bonchev–Trinajstić information content (AvgIpc) is 3.29. The van der Waals surface area contributed by atoms with Crippen LogP contribution in [-0.4, -0.2) is 42.1 Å². The highest BCUT2D eigenvalue weighted by atomic mass is 35.5. The van der Waals surface area contributed by atoms with Crippen LogP contribution in [0.25, 0.3) is 22.6 Å². The number of carbonyl (C=O) groups excluding carboxylic acids is 1. The summed E-state index contributed by atoms with van der Waals surface area (Å²) < 4.78 is 11.1. The van der Waals surface area contributed by atoms with Gasteiger partial charge in [0.2, 0.25) is 5.89 Å². The van der Waals surface area contributed by atoms with E-state index < -0.39 is 10.8 Å². The number of oxazole rings is 1. The first-order valence-corrected chi connectivity index (χ1v) is 11.4. The van der Waals surface area contributed by atoms with E-state index in [1.807, 2.05) is 4.90 Å². The Kier molecular flexibility index (Phi) is 6.29. The summed E-state index contributed by atoms with van der Waals surface area (Å²) in [5.41, 5.74) is 2.51. The Balaban J connectivity index is 1.39. The fraction of sp³-hybridized carbons (Fsp3) is 0.167. The van der Waals surface area contributed by atoms with Crippen molar-refractivity contribution in [3.05, 3.63) is 80.3 Å². The highest BCUT2D eigenvalue weighted by molar-refractivity contribution is 6.35. The second-order valence-corrected chi connectivity index (χ2v) is 8.68. The second kappa shape index (κ2) is 9.53. The van der Waals surface area contributed by atoms with E-state index in [1.165, 1.54) is 6.07 Å². The molecule has 4 aromatic rings. The summed E-state index contributed by atoms with van der Waals surface area (Å²) in [5, 5.41) is 15.4. The lowest BCUT2D eigenvalue weighted by Gasteiger charge is -2.28. The Morgan fingerprint density at radius 2 is 1.86 bits per heavy atom. The zero-order valence-electron chi connectivity index (χ0n) is 18.2. The third kappa shape index (κ3) is 4.79. The van der Waals surface area contributed by atoms with Gasteiger partial charge in [0.1, 0.15) is 11.2 Å². The number of aromatic nitrogens is 1. The molecule has 0 spiro atoms. The summed E-state index contributed by atoms with van der Waals surface area (Å²) >= 11 is 12.3. The van der Waals surface area contributed by atoms with Gasteiger partial charge in [0.15, 0.2) is 5.58 Å². The molecule has 1 aliphatic rings. The summed E-state index contributed by atoms with van der Waals surface area (Å²) in [6, 6.07) is 14.4. The highest BCUT2D eigenvalue weighted by Crippen LogP contribution is 2.33. The van der Waals surface area contributed by atoms with Crippen LogP contribution in [0.5, 0.6) is 0 Å². The lowest BCUT2D eigenvalue weighted by Crippen LogP contribution is -2.36. The molecule has 5 rings (SSSR count). The number of nitrogens with one attached hydrogen (secondary N) is 1. The predicted octanol–water partition coefficient (Wildman–Crippen LogP) is 5.80. The van der Waals surface area contributed by atoms with Crippen LogP contribution in [-0.2, 0) is 4.74 Å². The minimum atomic E-state index is -0.484. The first-order chi connectivity index (χ1) is 16.9. The standard InChI is InChI=1S/C24H18Cl2N4O5/c25-15-2-4-18(26)17(12-15)24-28-19-13-16(3-6-22(19)35-24)27-23(31)14-1-5-20(21(11-14)30(32)33)29-7-9-34-10-8-29/h1-6,11-13H,7-10H2,(H,27,31). The number of hydrogen-bond donors (Lipinski definition) is 1. The van der Waals surface area contributed by atoms with Crippen LogP contribution in [0.3, 0.4) is 0 Å². The predicted molar refractivity (Wildman–Crippen MR) is 134 cm³/mol. The molecule has 9 nitrogen and oxygen atoms in total. The average molecular weight is 513 g/mol. The van der Waals surface area contributed by atoms with Gasteiger partial charge in [-0.2, -0.15) is 0 Å². The molecule has 1 N–H and O–H groups in total. The van der Waals surface area contributed by atoms with E-state index in [2.05, 4.69) is 10.3 Å². The molecule has 0 aliphatic carbocycles. The molecule has 1 aromatic heterocycles. The Labute approximate surface area is 209 Å². The van der Waals surface area contributed by atoms with Gasteiger partial charge in [-0.25, -0.2) is 4.98 Å². The maximum absolute atomic E-state index is 12.9. The number of hydrogen-bond acceptors (Lipinski definition) is 7. The normalized spacial score (nSPS) is 13.7. The molecule has 0 unspecified atom stereocenters. The first kappa shape index (κ1) is 23.1. The smallest absolute Gasteiger partial charge is 0.293 e. The number of anilines is 2. The fourth-order valence-corrected chi connectivity index (χ4v) is 4.24. The monoisotopic (exact) mass is 512 g/mol. The third-order valence-electron chi connectivity index (χ3n) is 5.59. The molecule has 2 heterocycles. The number of ether oxygens (including phenoxy) is 1. The van der Waals surface area contributed by atoms with Crippen LogP contribution in [0.4, 0.5) is 17.1 Å². The Morgan fingerprint density at radius 3 is 2.63 bits per heavy atom. The van der Waals surface area contributed by atoms with Gasteiger partial charge in [-0.05, 0) is 48.5 Å². The first-order valence-electron chi connectivity index (χ1n) is 10.7. The van der Waals surface area contributed by atoms with Crippen molar-refractivity contribution in [1.82, 2.24) is 4.98 Å². The Morgan fingerprint density at radius 1 is 1.06 bits per heavy atom. The molecule has 11 heteroatoms. The van der Waals surface area contributed by atoms with Crippen molar-refractivity contribution < 1.29 is 18.9 Å². The number of carbonyl (C=O) groups is 1. The quantitative estimate of drug-likeness (QED) is 0.265. The van der Waals surface area contributed by atoms with Gasteiger partial charge < -0.3 is 19.4 Å². The van der Waals surface area contributed by atoms with Crippen molar-refractivity contribution in [2.75, 3.05) is 36.5 Å². The second-order valence-electron chi connectivity index (χ2n) is 7.84. The molecule has 1 fully saturated rings. The molecule has 0 saturated carbocycles. The summed E-state index contributed by atoms with van der Waals surface area (Å²) in [6.45, 7) is 2.09. The SMILES string of the molecule is O=C(Nc1ccc2oc(-c3cc(Cl)ccc3Cl)nc2c1)c1ccc(N2CCOCC2)c([N+](=O)[O-])c1. The molecule has 178 valence electrons. The topological polar surface area (TPSA) is 111 Å². The summed E-state index contributed by atoms with van der Waals surface area (Å²) in [5.74, 6) is -0.187. The van der Waals surface area contributed by atoms with Gasteiger partial charge in [-0.3, -0.25) is 14.9 Å². The zero-order valence-corrected chi connectivity index (χ0v) is 19.7. The van der Waals surface area contributed by atoms with Gasteiger partial charge in [0, 0.05) is 35.4 Å². The van der Waals surface area contributed by atoms with E-state index in [0.29, 0.717) is 70.3 Å². The molecule has 1 amide bonds. The molecule has 0 atom stereocenters. The zero-order chi connectivity index (χ0) is 24.5. The summed E-state index contributed by atoms with van der Waals surface area (Å²) in [6.07, 6.45) is 0. The lowest BCUT2D eigenvalue weighted by atomic mass is 10.1. The number of nitro benzene ring substituents is 1. The van der Waals surface area contributed by atoms with Crippen LogP contribution in [0.15, 0.2) is 59.0 Å². The van der Waals surface area contributed by atoms with Crippen LogP contribution in [0.1, 0.15) is 10.4 Å². The number of morpholine rings is 1. The van der Waals surface area contributed by atoms with Crippen LogP contribution < -0.4 is 10.2 Å².